The number of methoxy groups -OCH3 is 2. The summed E-state index contributed by atoms with van der Waals surface area (Å²) in [6, 6.07) is 11.9. The van der Waals surface area contributed by atoms with Crippen LogP contribution in [0.5, 0.6) is 11.5 Å². The molecule has 1 aliphatic rings. The lowest BCUT2D eigenvalue weighted by Gasteiger charge is -2.18. The fourth-order valence-electron chi connectivity index (χ4n) is 3.55. The maximum Gasteiger partial charge on any atom is 0.243 e. The molecular weight excluding hydrogens is 446 g/mol. The van der Waals surface area contributed by atoms with E-state index in [1.165, 1.54) is 39.5 Å². The first-order valence-electron chi connectivity index (χ1n) is 10.5. The number of nitrogens with zero attached hydrogens (tertiary/aromatic N) is 2. The van der Waals surface area contributed by atoms with E-state index in [9.17, 15) is 18.0 Å². The van der Waals surface area contributed by atoms with Crippen LogP contribution < -0.4 is 14.8 Å². The van der Waals surface area contributed by atoms with Gasteiger partial charge in [0.05, 0.1) is 25.7 Å². The van der Waals surface area contributed by atoms with Crippen molar-refractivity contribution in [1.29, 1.82) is 0 Å². The van der Waals surface area contributed by atoms with Gasteiger partial charge in [0, 0.05) is 39.2 Å². The molecule has 0 saturated carbocycles. The highest BCUT2D eigenvalue weighted by Crippen LogP contribution is 2.30. The topological polar surface area (TPSA) is 105 Å². The molecular formula is C23H29N3O6S. The molecule has 0 spiro atoms. The molecule has 2 aromatic carbocycles. The Morgan fingerprint density at radius 1 is 1.06 bits per heavy atom. The van der Waals surface area contributed by atoms with E-state index in [1.807, 2.05) is 29.2 Å². The van der Waals surface area contributed by atoms with E-state index in [4.69, 9.17) is 9.47 Å². The maximum atomic E-state index is 12.8. The van der Waals surface area contributed by atoms with E-state index < -0.39 is 15.9 Å². The van der Waals surface area contributed by atoms with Crippen LogP contribution in [0.2, 0.25) is 0 Å². The quantitative estimate of drug-likeness (QED) is 0.562. The number of rotatable bonds is 10. The first kappa shape index (κ1) is 24.5. The van der Waals surface area contributed by atoms with Gasteiger partial charge < -0.3 is 19.7 Å². The average Bonchev–Trinajstić information content (AvgIpc) is 3.22. The van der Waals surface area contributed by atoms with Gasteiger partial charge in [-0.15, -0.1) is 0 Å². The summed E-state index contributed by atoms with van der Waals surface area (Å²) in [5.41, 5.74) is 1.91. The molecule has 9 nitrogen and oxygen atoms in total. The van der Waals surface area contributed by atoms with E-state index in [0.29, 0.717) is 18.7 Å². The Balaban J connectivity index is 1.54. The molecule has 1 saturated heterocycles. The number of hydrogen-bond acceptors (Lipinski definition) is 6. The van der Waals surface area contributed by atoms with Gasteiger partial charge in [-0.25, -0.2) is 8.42 Å². The highest BCUT2D eigenvalue weighted by molar-refractivity contribution is 7.89. The van der Waals surface area contributed by atoms with Crippen molar-refractivity contribution in [3.8, 4) is 11.5 Å². The lowest BCUT2D eigenvalue weighted by atomic mass is 10.1. The fraction of sp³-hybridized carbons (Fsp3) is 0.391. The summed E-state index contributed by atoms with van der Waals surface area (Å²) in [7, 11) is 0.339. The smallest absolute Gasteiger partial charge is 0.243 e. The minimum absolute atomic E-state index is 0.00234. The lowest BCUT2D eigenvalue weighted by Crippen LogP contribution is -2.38. The number of nitrogens with one attached hydrogen (secondary N) is 1. The molecule has 1 fully saturated rings. The van der Waals surface area contributed by atoms with Crippen molar-refractivity contribution in [2.24, 2.45) is 0 Å². The molecule has 33 heavy (non-hydrogen) atoms. The summed E-state index contributed by atoms with van der Waals surface area (Å²) >= 11 is 0. The van der Waals surface area contributed by atoms with E-state index >= 15 is 0 Å². The minimum Gasteiger partial charge on any atom is -0.493 e. The van der Waals surface area contributed by atoms with Gasteiger partial charge in [0.2, 0.25) is 21.8 Å². The van der Waals surface area contributed by atoms with Crippen LogP contribution in [-0.4, -0.2) is 63.8 Å². The molecule has 0 aliphatic carbocycles. The van der Waals surface area contributed by atoms with Crippen molar-refractivity contribution in [3.05, 3.63) is 53.6 Å². The summed E-state index contributed by atoms with van der Waals surface area (Å²) < 4.78 is 37.0. The SMILES string of the molecule is COc1ccc(S(=O)(=O)N(C)CC(=O)NCc2ccc(CN3CCCC3=O)cc2)cc1OC. The van der Waals surface area contributed by atoms with Gasteiger partial charge in [0.15, 0.2) is 11.5 Å². The van der Waals surface area contributed by atoms with Gasteiger partial charge >= 0.3 is 0 Å². The van der Waals surface area contributed by atoms with Crippen LogP contribution in [0.1, 0.15) is 24.0 Å². The van der Waals surface area contributed by atoms with E-state index in [2.05, 4.69) is 5.32 Å². The Kier molecular flexibility index (Phi) is 7.93. The second kappa shape index (κ2) is 10.7. The predicted molar refractivity (Wildman–Crippen MR) is 122 cm³/mol. The largest absolute Gasteiger partial charge is 0.493 e. The van der Waals surface area contributed by atoms with Gasteiger partial charge in [-0.3, -0.25) is 9.59 Å². The van der Waals surface area contributed by atoms with Crippen molar-refractivity contribution in [2.75, 3.05) is 34.4 Å². The molecule has 178 valence electrons. The molecule has 2 amide bonds. The van der Waals surface area contributed by atoms with Gasteiger partial charge in [-0.2, -0.15) is 4.31 Å². The zero-order valence-electron chi connectivity index (χ0n) is 19.0. The van der Waals surface area contributed by atoms with Crippen LogP contribution in [-0.2, 0) is 32.7 Å². The Morgan fingerprint density at radius 2 is 1.73 bits per heavy atom. The van der Waals surface area contributed by atoms with Crippen molar-refractivity contribution >= 4 is 21.8 Å². The number of likely N-dealkylation sites (N-methyl/N-ethyl adjacent to an activating group) is 1. The second-order valence-electron chi connectivity index (χ2n) is 7.79. The molecule has 10 heteroatoms. The number of benzene rings is 2. The van der Waals surface area contributed by atoms with Crippen LogP contribution >= 0.6 is 0 Å². The van der Waals surface area contributed by atoms with E-state index in [-0.39, 0.29) is 29.6 Å². The zero-order valence-corrected chi connectivity index (χ0v) is 19.9. The molecule has 2 aromatic rings. The molecule has 0 unspecified atom stereocenters. The molecule has 0 radical (unpaired) electrons. The standard InChI is InChI=1S/C23H29N3O6S/c1-25(33(29,30)19-10-11-20(31-2)21(13-19)32-3)16-22(27)24-14-17-6-8-18(9-7-17)15-26-12-4-5-23(26)28/h6-11,13H,4-5,12,14-16H2,1-3H3,(H,24,27). The van der Waals surface area contributed by atoms with Crippen LogP contribution in [0, 0.1) is 0 Å². The number of amides is 2. The number of carbonyl (C=O) groups excluding carboxylic acids is 2. The summed E-state index contributed by atoms with van der Waals surface area (Å²) in [6.45, 7) is 1.32. The zero-order chi connectivity index (χ0) is 24.0. The van der Waals surface area contributed by atoms with Crippen molar-refractivity contribution in [3.63, 3.8) is 0 Å². The van der Waals surface area contributed by atoms with Gasteiger partial charge in [0.1, 0.15) is 0 Å². The molecule has 1 heterocycles. The monoisotopic (exact) mass is 475 g/mol. The number of ether oxygens (including phenoxy) is 2. The highest BCUT2D eigenvalue weighted by Gasteiger charge is 2.24. The van der Waals surface area contributed by atoms with Crippen LogP contribution in [0.4, 0.5) is 0 Å². The van der Waals surface area contributed by atoms with E-state index in [1.54, 1.807) is 0 Å². The normalized spacial score (nSPS) is 13.9. The Morgan fingerprint density at radius 3 is 2.33 bits per heavy atom. The maximum absolute atomic E-state index is 12.8. The summed E-state index contributed by atoms with van der Waals surface area (Å²) in [5, 5.41) is 2.74. The van der Waals surface area contributed by atoms with Gasteiger partial charge in [-0.1, -0.05) is 24.3 Å². The van der Waals surface area contributed by atoms with E-state index in [0.717, 1.165) is 28.4 Å². The fourth-order valence-corrected chi connectivity index (χ4v) is 4.70. The first-order chi connectivity index (χ1) is 15.7. The van der Waals surface area contributed by atoms with Crippen molar-refractivity contribution in [1.82, 2.24) is 14.5 Å². The van der Waals surface area contributed by atoms with Gasteiger partial charge in [-0.05, 0) is 29.7 Å². The van der Waals surface area contributed by atoms with Gasteiger partial charge in [0.25, 0.3) is 0 Å². The Hall–Kier alpha value is -3.11. The molecule has 0 aromatic heterocycles. The molecule has 1 N–H and O–H groups in total. The number of carbonyl (C=O) groups is 2. The highest BCUT2D eigenvalue weighted by atomic mass is 32.2. The van der Waals surface area contributed by atoms with Crippen LogP contribution in [0.3, 0.4) is 0 Å². The van der Waals surface area contributed by atoms with Crippen LogP contribution in [0.15, 0.2) is 47.4 Å². The van der Waals surface area contributed by atoms with Crippen LogP contribution in [0.25, 0.3) is 0 Å². The third-order valence-electron chi connectivity index (χ3n) is 5.49. The Bertz CT molecular complexity index is 1100. The van der Waals surface area contributed by atoms with Crippen molar-refractivity contribution in [2.45, 2.75) is 30.8 Å². The number of sulfonamides is 1. The summed E-state index contributed by atoms with van der Waals surface area (Å²) in [5.74, 6) is 0.454. The summed E-state index contributed by atoms with van der Waals surface area (Å²) in [4.78, 5) is 25.9. The average molecular weight is 476 g/mol. The first-order valence-corrected chi connectivity index (χ1v) is 12.0. The molecule has 3 rings (SSSR count). The predicted octanol–water partition coefficient (Wildman–Crippen LogP) is 1.76. The molecule has 1 aliphatic heterocycles. The summed E-state index contributed by atoms with van der Waals surface area (Å²) in [6.07, 6.45) is 1.51. The third-order valence-corrected chi connectivity index (χ3v) is 7.29. The van der Waals surface area contributed by atoms with Crippen molar-refractivity contribution < 1.29 is 27.5 Å². The second-order valence-corrected chi connectivity index (χ2v) is 9.83. The third kappa shape index (κ3) is 6.02. The number of likely N-dealkylation sites (tertiary alicyclic amines) is 1. The Labute approximate surface area is 194 Å². The lowest BCUT2D eigenvalue weighted by molar-refractivity contribution is -0.128. The number of hydrogen-bond donors (Lipinski definition) is 1. The molecule has 0 atom stereocenters. The minimum atomic E-state index is -3.89. The molecule has 0 bridgehead atoms.